The van der Waals surface area contributed by atoms with E-state index in [1.165, 1.54) is 0 Å². The van der Waals surface area contributed by atoms with Crippen molar-refractivity contribution in [3.63, 3.8) is 0 Å². The molecule has 0 N–H and O–H groups in total. The maximum atomic E-state index is 6.02. The molecular weight excluding hydrogens is 314 g/mol. The Balaban J connectivity index is 1.35. The lowest BCUT2D eigenvalue weighted by atomic mass is 10.2. The number of ether oxygens (including phenoxy) is 2. The molecule has 0 spiro atoms. The van der Waals surface area contributed by atoms with Crippen molar-refractivity contribution in [3.05, 3.63) is 72.6 Å². The lowest BCUT2D eigenvalue weighted by Crippen LogP contribution is -2.39. The van der Waals surface area contributed by atoms with E-state index in [0.717, 1.165) is 36.0 Å². The van der Waals surface area contributed by atoms with Crippen LogP contribution in [0.2, 0.25) is 0 Å². The molecule has 0 saturated carbocycles. The molecule has 0 radical (unpaired) electrons. The quantitative estimate of drug-likeness (QED) is 0.718. The Kier molecular flexibility index (Phi) is 4.39. The van der Waals surface area contributed by atoms with Gasteiger partial charge in [-0.1, -0.05) is 30.3 Å². The number of hydrogen-bond donors (Lipinski definition) is 0. The van der Waals surface area contributed by atoms with E-state index in [1.807, 2.05) is 65.5 Å². The van der Waals surface area contributed by atoms with Crippen LogP contribution >= 0.6 is 0 Å². The zero-order valence-corrected chi connectivity index (χ0v) is 14.2. The first-order valence-electron chi connectivity index (χ1n) is 8.45. The monoisotopic (exact) mass is 335 g/mol. The highest BCUT2D eigenvalue weighted by Gasteiger charge is 2.22. The Labute approximate surface area is 147 Å². The summed E-state index contributed by atoms with van der Waals surface area (Å²) in [5, 5.41) is 4.65. The summed E-state index contributed by atoms with van der Waals surface area (Å²) >= 11 is 0. The molecule has 0 saturated heterocycles. The van der Waals surface area contributed by atoms with Gasteiger partial charge in [-0.15, -0.1) is 0 Å². The van der Waals surface area contributed by atoms with Crippen LogP contribution in [-0.2, 0) is 6.54 Å². The molecule has 0 bridgehead atoms. The van der Waals surface area contributed by atoms with Crippen molar-refractivity contribution in [2.24, 2.45) is 0 Å². The highest BCUT2D eigenvalue weighted by Crippen LogP contribution is 2.31. The molecule has 1 aromatic heterocycles. The third kappa shape index (κ3) is 3.67. The second-order valence-electron chi connectivity index (χ2n) is 6.28. The summed E-state index contributed by atoms with van der Waals surface area (Å²) in [7, 11) is 2.07. The molecule has 5 heteroatoms. The van der Waals surface area contributed by atoms with Crippen LogP contribution in [0.1, 0.15) is 5.69 Å². The van der Waals surface area contributed by atoms with Crippen LogP contribution in [0, 0.1) is 0 Å². The molecule has 0 unspecified atom stereocenters. The topological polar surface area (TPSA) is 39.5 Å². The molecule has 25 heavy (non-hydrogen) atoms. The minimum absolute atomic E-state index is 0.0242. The third-order valence-corrected chi connectivity index (χ3v) is 4.18. The van der Waals surface area contributed by atoms with Crippen LogP contribution in [0.4, 0.5) is 0 Å². The maximum Gasteiger partial charge on any atom is 0.161 e. The van der Waals surface area contributed by atoms with E-state index in [1.54, 1.807) is 0 Å². The molecule has 2 heterocycles. The summed E-state index contributed by atoms with van der Waals surface area (Å²) in [5.41, 5.74) is 2.10. The van der Waals surface area contributed by atoms with E-state index in [-0.39, 0.29) is 6.10 Å². The zero-order valence-electron chi connectivity index (χ0n) is 14.2. The maximum absolute atomic E-state index is 6.02. The van der Waals surface area contributed by atoms with Gasteiger partial charge in [0.1, 0.15) is 12.7 Å². The fourth-order valence-electron chi connectivity index (χ4n) is 3.01. The van der Waals surface area contributed by atoms with Gasteiger partial charge in [-0.3, -0.25) is 4.90 Å². The predicted octanol–water partition coefficient (Wildman–Crippen LogP) is 3.14. The first-order chi connectivity index (χ1) is 12.3. The van der Waals surface area contributed by atoms with Gasteiger partial charge in [-0.25, -0.2) is 4.68 Å². The molecule has 0 aliphatic carbocycles. The van der Waals surface area contributed by atoms with E-state index < -0.39 is 0 Å². The van der Waals surface area contributed by atoms with Gasteiger partial charge < -0.3 is 9.47 Å². The fraction of sp³-hybridized carbons (Fsp3) is 0.250. The number of benzene rings is 2. The van der Waals surface area contributed by atoms with Crippen molar-refractivity contribution in [1.82, 2.24) is 14.7 Å². The van der Waals surface area contributed by atoms with Gasteiger partial charge in [-0.2, -0.15) is 5.10 Å². The van der Waals surface area contributed by atoms with Crippen molar-refractivity contribution >= 4 is 0 Å². The van der Waals surface area contributed by atoms with Gasteiger partial charge in [0.25, 0.3) is 0 Å². The highest BCUT2D eigenvalue weighted by molar-refractivity contribution is 5.40. The number of likely N-dealkylation sites (N-methyl/N-ethyl adjacent to an activating group) is 1. The lowest BCUT2D eigenvalue weighted by molar-refractivity contribution is 0.0635. The highest BCUT2D eigenvalue weighted by atomic mass is 16.6. The van der Waals surface area contributed by atoms with Gasteiger partial charge >= 0.3 is 0 Å². The molecule has 2 aromatic carbocycles. The minimum atomic E-state index is 0.0242. The summed E-state index contributed by atoms with van der Waals surface area (Å²) < 4.78 is 13.7. The van der Waals surface area contributed by atoms with Crippen LogP contribution in [0.15, 0.2) is 66.9 Å². The summed E-state index contributed by atoms with van der Waals surface area (Å²) in [5.74, 6) is 1.64. The van der Waals surface area contributed by atoms with Gasteiger partial charge in [0.15, 0.2) is 11.5 Å². The van der Waals surface area contributed by atoms with Crippen LogP contribution in [0.3, 0.4) is 0 Å². The van der Waals surface area contributed by atoms with E-state index in [0.29, 0.717) is 6.61 Å². The molecule has 0 amide bonds. The number of para-hydroxylation sites is 3. The van der Waals surface area contributed by atoms with Crippen molar-refractivity contribution in [3.8, 4) is 17.2 Å². The Morgan fingerprint density at radius 3 is 2.64 bits per heavy atom. The molecule has 4 rings (SSSR count). The van der Waals surface area contributed by atoms with Crippen molar-refractivity contribution in [2.75, 3.05) is 20.2 Å². The molecule has 1 aliphatic rings. The van der Waals surface area contributed by atoms with Crippen molar-refractivity contribution < 1.29 is 9.47 Å². The van der Waals surface area contributed by atoms with Crippen LogP contribution in [-0.4, -0.2) is 41.0 Å². The van der Waals surface area contributed by atoms with Gasteiger partial charge in [-0.05, 0) is 37.4 Å². The molecule has 128 valence electrons. The van der Waals surface area contributed by atoms with E-state index in [9.17, 15) is 0 Å². The average Bonchev–Trinajstić information content (AvgIpc) is 3.10. The Morgan fingerprint density at radius 2 is 1.80 bits per heavy atom. The SMILES string of the molecule is CN(Cc1ccn(-c2ccccc2)n1)C[C@H]1COc2ccccc2O1. The lowest BCUT2D eigenvalue weighted by Gasteiger charge is -2.29. The predicted molar refractivity (Wildman–Crippen MR) is 96.3 cm³/mol. The Morgan fingerprint density at radius 1 is 1.04 bits per heavy atom. The summed E-state index contributed by atoms with van der Waals surface area (Å²) in [4.78, 5) is 2.21. The molecule has 0 fully saturated rings. The second kappa shape index (κ2) is 6.99. The molecular formula is C20H21N3O2. The average molecular weight is 335 g/mol. The first-order valence-corrected chi connectivity index (χ1v) is 8.45. The smallest absolute Gasteiger partial charge is 0.161 e. The number of nitrogens with zero attached hydrogens (tertiary/aromatic N) is 3. The third-order valence-electron chi connectivity index (χ3n) is 4.18. The fourth-order valence-corrected chi connectivity index (χ4v) is 3.01. The number of rotatable bonds is 5. The summed E-state index contributed by atoms with van der Waals surface area (Å²) in [6.45, 7) is 2.12. The Hall–Kier alpha value is -2.79. The van der Waals surface area contributed by atoms with E-state index in [2.05, 4.69) is 23.1 Å². The molecule has 1 atom stereocenters. The number of aromatic nitrogens is 2. The van der Waals surface area contributed by atoms with Crippen molar-refractivity contribution in [1.29, 1.82) is 0 Å². The minimum Gasteiger partial charge on any atom is -0.486 e. The molecule has 3 aromatic rings. The number of fused-ring (bicyclic) bond motifs is 1. The second-order valence-corrected chi connectivity index (χ2v) is 6.28. The van der Waals surface area contributed by atoms with Crippen LogP contribution in [0.5, 0.6) is 11.5 Å². The number of hydrogen-bond acceptors (Lipinski definition) is 4. The zero-order chi connectivity index (χ0) is 17.1. The van der Waals surface area contributed by atoms with Gasteiger partial charge in [0, 0.05) is 19.3 Å². The molecule has 1 aliphatic heterocycles. The standard InChI is InChI=1S/C20H21N3O2/c1-22(14-18-15-24-19-9-5-6-10-20(19)25-18)13-16-11-12-23(21-16)17-7-3-2-4-8-17/h2-12,18H,13-15H2,1H3/t18-/m0/s1. The van der Waals surface area contributed by atoms with Crippen molar-refractivity contribution in [2.45, 2.75) is 12.6 Å². The van der Waals surface area contributed by atoms with E-state index in [4.69, 9.17) is 9.47 Å². The largest absolute Gasteiger partial charge is 0.486 e. The summed E-state index contributed by atoms with van der Waals surface area (Å²) in [6, 6.07) is 20.0. The van der Waals surface area contributed by atoms with E-state index >= 15 is 0 Å². The van der Waals surface area contributed by atoms with Gasteiger partial charge in [0.05, 0.1) is 11.4 Å². The summed E-state index contributed by atoms with van der Waals surface area (Å²) in [6.07, 6.45) is 2.02. The normalized spacial score (nSPS) is 16.2. The molecule has 5 nitrogen and oxygen atoms in total. The first kappa shape index (κ1) is 15.7. The van der Waals surface area contributed by atoms with Crippen LogP contribution < -0.4 is 9.47 Å². The van der Waals surface area contributed by atoms with Gasteiger partial charge in [0.2, 0.25) is 0 Å². The van der Waals surface area contributed by atoms with Crippen LogP contribution in [0.25, 0.3) is 5.69 Å². The Bertz CT molecular complexity index is 832.